The average molecular weight is 1060 g/mol. The van der Waals surface area contributed by atoms with Crippen molar-refractivity contribution in [1.29, 1.82) is 0 Å². The topological polar surface area (TPSA) is 9.86 Å². The Labute approximate surface area is 470 Å². The minimum atomic E-state index is -1.55. The Hall–Kier alpha value is -9.07. The molecule has 0 N–H and O–H groups in total. The predicted octanol–water partition coefficient (Wildman–Crippen LogP) is 20.2. The Balaban J connectivity index is 0.928. The molecule has 15 aromatic rings. The van der Waals surface area contributed by atoms with Crippen LogP contribution in [0.3, 0.4) is 0 Å². The molecule has 0 saturated carbocycles. The van der Waals surface area contributed by atoms with E-state index in [1.54, 1.807) is 0 Å². The molecule has 382 valence electrons. The molecule has 0 aliphatic heterocycles. The smallest absolute Gasteiger partial charge is 0.0776 e. The van der Waals surface area contributed by atoms with Gasteiger partial charge < -0.3 is 9.13 Å². The largest absolute Gasteiger partial charge is 0.309 e. The number of aromatic nitrogens is 2. The fourth-order valence-corrected chi connectivity index (χ4v) is 15.2. The second-order valence-electron chi connectivity index (χ2n) is 24.2. The lowest BCUT2D eigenvalue weighted by Crippen LogP contribution is -2.37. The van der Waals surface area contributed by atoms with Crippen molar-refractivity contribution < 1.29 is 0 Å². The van der Waals surface area contributed by atoms with Gasteiger partial charge in [-0.05, 0) is 185 Å². The van der Waals surface area contributed by atoms with E-state index in [2.05, 4.69) is 303 Å². The van der Waals surface area contributed by atoms with Crippen molar-refractivity contribution in [2.24, 2.45) is 0 Å². The molecule has 0 atom stereocenters. The van der Waals surface area contributed by atoms with E-state index in [0.29, 0.717) is 0 Å². The van der Waals surface area contributed by atoms with Crippen molar-refractivity contribution in [2.75, 3.05) is 0 Å². The van der Waals surface area contributed by atoms with E-state index in [1.165, 1.54) is 142 Å². The van der Waals surface area contributed by atoms with Crippen LogP contribution in [0.2, 0.25) is 39.3 Å². The monoisotopic (exact) mass is 1060 g/mol. The highest BCUT2D eigenvalue weighted by Crippen LogP contribution is 2.45. The molecule has 13 aromatic carbocycles. The molecule has 0 unspecified atom stereocenters. The molecule has 0 saturated heterocycles. The quantitative estimate of drug-likeness (QED) is 0.0954. The van der Waals surface area contributed by atoms with Gasteiger partial charge in [0.1, 0.15) is 0 Å². The first-order chi connectivity index (χ1) is 38.9. The van der Waals surface area contributed by atoms with E-state index in [0.717, 1.165) is 11.4 Å². The molecule has 0 fully saturated rings. The summed E-state index contributed by atoms with van der Waals surface area (Å²) in [6, 6.07) is 96.6. The van der Waals surface area contributed by atoms with Crippen molar-refractivity contribution in [3.8, 4) is 78.1 Å². The van der Waals surface area contributed by atoms with E-state index in [-0.39, 0.29) is 0 Å². The molecule has 2 nitrogen and oxygen atoms in total. The molecular weight excluding hydrogens is 997 g/mol. The third-order valence-electron chi connectivity index (χ3n) is 17.0. The van der Waals surface area contributed by atoms with Gasteiger partial charge in [-0.1, -0.05) is 207 Å². The van der Waals surface area contributed by atoms with Gasteiger partial charge in [-0.15, -0.1) is 0 Å². The Morgan fingerprint density at radius 2 is 0.537 bits per heavy atom. The highest BCUT2D eigenvalue weighted by molar-refractivity contribution is 6.89. The highest BCUT2D eigenvalue weighted by atomic mass is 28.3. The van der Waals surface area contributed by atoms with E-state index in [1.807, 2.05) is 0 Å². The summed E-state index contributed by atoms with van der Waals surface area (Å²) in [7, 11) is -3.11. The van der Waals surface area contributed by atoms with Gasteiger partial charge in [-0.3, -0.25) is 0 Å². The normalized spacial score (nSPS) is 12.4. The lowest BCUT2D eigenvalue weighted by Gasteiger charge is -2.19. The summed E-state index contributed by atoms with van der Waals surface area (Å²) in [6.45, 7) is 14.6. The maximum Gasteiger partial charge on any atom is 0.0776 e. The van der Waals surface area contributed by atoms with Crippen LogP contribution in [0.15, 0.2) is 255 Å². The van der Waals surface area contributed by atoms with Crippen molar-refractivity contribution in [3.63, 3.8) is 0 Å². The Bertz CT molecular complexity index is 4590. The number of para-hydroxylation sites is 2. The standard InChI is InChI=1S/C76H60N2Si2/c1-79(2,3)67-25-13-19-53(45-67)59-39-57(40-60(43-59)54-20-14-26-68(46-54)80(4,5)6)49-29-31-50(32-30-49)58-41-61(63-37-55-35-33-51-17-15-27-69-73(51)75(55)71(47-63)77(69)65-21-9-7-10-22-65)44-62(42-58)64-38-56-36-34-52-18-16-28-70-74(52)76(56)72(48-64)78(70)66-23-11-8-12-24-66/h7-48H,1-6H3. The summed E-state index contributed by atoms with van der Waals surface area (Å²) in [4.78, 5) is 0. The number of hydrogen-bond donors (Lipinski definition) is 0. The summed E-state index contributed by atoms with van der Waals surface area (Å²) in [5.74, 6) is 0. The fourth-order valence-electron chi connectivity index (χ4n) is 12.9. The van der Waals surface area contributed by atoms with E-state index >= 15 is 0 Å². The van der Waals surface area contributed by atoms with Crippen LogP contribution >= 0.6 is 0 Å². The van der Waals surface area contributed by atoms with Crippen molar-refractivity contribution >= 4 is 91.7 Å². The second kappa shape index (κ2) is 18.3. The van der Waals surface area contributed by atoms with Crippen LogP contribution in [0.4, 0.5) is 0 Å². The first-order valence-corrected chi connectivity index (χ1v) is 35.2. The molecule has 0 aliphatic rings. The molecule has 2 aromatic heterocycles. The molecule has 0 amide bonds. The van der Waals surface area contributed by atoms with Crippen LogP contribution in [0.5, 0.6) is 0 Å². The summed E-state index contributed by atoms with van der Waals surface area (Å²) in [5.41, 5.74) is 21.8. The third kappa shape index (κ3) is 8.04. The van der Waals surface area contributed by atoms with Crippen LogP contribution in [-0.2, 0) is 0 Å². The lowest BCUT2D eigenvalue weighted by molar-refractivity contribution is 1.18. The second-order valence-corrected chi connectivity index (χ2v) is 34.4. The predicted molar refractivity (Wildman–Crippen MR) is 351 cm³/mol. The summed E-state index contributed by atoms with van der Waals surface area (Å²) < 4.78 is 4.93. The SMILES string of the molecule is C[Si](C)(C)c1cccc(-c2cc(-c3ccc(-c4cc(-c5cc6ccc7cccc8c7c6c(c5)n8-c5ccccc5)cc(-c5cc6ccc7cccc8c7c6c(c5)n8-c5ccccc5)c4)cc3)cc(-c3cccc([Si](C)(C)C)c3)c2)c1. The van der Waals surface area contributed by atoms with Gasteiger partial charge in [-0.25, -0.2) is 0 Å². The molecular formula is C76H60N2Si2. The Morgan fingerprint density at radius 3 is 0.925 bits per heavy atom. The minimum absolute atomic E-state index is 1.16. The van der Waals surface area contributed by atoms with Gasteiger partial charge in [0.15, 0.2) is 0 Å². The lowest BCUT2D eigenvalue weighted by atomic mass is 9.90. The van der Waals surface area contributed by atoms with Gasteiger partial charge in [0.2, 0.25) is 0 Å². The van der Waals surface area contributed by atoms with Crippen molar-refractivity contribution in [2.45, 2.75) is 39.3 Å². The molecule has 0 bridgehead atoms. The van der Waals surface area contributed by atoms with Crippen molar-refractivity contribution in [1.82, 2.24) is 9.13 Å². The molecule has 0 spiro atoms. The van der Waals surface area contributed by atoms with Crippen LogP contribution in [-0.4, -0.2) is 25.3 Å². The van der Waals surface area contributed by atoms with Gasteiger partial charge in [0.05, 0.1) is 38.2 Å². The molecule has 0 aliphatic carbocycles. The van der Waals surface area contributed by atoms with E-state index in [9.17, 15) is 0 Å². The Kier molecular flexibility index (Phi) is 11.0. The van der Waals surface area contributed by atoms with Gasteiger partial charge in [-0.2, -0.15) is 0 Å². The third-order valence-corrected chi connectivity index (χ3v) is 21.1. The molecule has 4 heteroatoms. The average Bonchev–Trinajstić information content (AvgIpc) is 4.05. The molecule has 80 heavy (non-hydrogen) atoms. The minimum Gasteiger partial charge on any atom is -0.309 e. The van der Waals surface area contributed by atoms with Crippen LogP contribution in [0.25, 0.3) is 143 Å². The van der Waals surface area contributed by atoms with Crippen LogP contribution < -0.4 is 10.4 Å². The first kappa shape index (κ1) is 48.1. The van der Waals surface area contributed by atoms with E-state index in [4.69, 9.17) is 0 Å². The number of benzene rings is 13. The Morgan fingerprint density at radius 1 is 0.212 bits per heavy atom. The fraction of sp³-hybridized carbons (Fsp3) is 0.0789. The van der Waals surface area contributed by atoms with Gasteiger partial charge >= 0.3 is 0 Å². The highest BCUT2D eigenvalue weighted by Gasteiger charge is 2.23. The van der Waals surface area contributed by atoms with Gasteiger partial charge in [0.25, 0.3) is 0 Å². The summed E-state index contributed by atoms with van der Waals surface area (Å²) in [5, 5.41) is 13.2. The maximum atomic E-state index is 2.46. The zero-order valence-electron chi connectivity index (χ0n) is 46.1. The molecule has 15 rings (SSSR count). The van der Waals surface area contributed by atoms with E-state index < -0.39 is 16.1 Å². The van der Waals surface area contributed by atoms with Crippen LogP contribution in [0, 0.1) is 0 Å². The maximum absolute atomic E-state index is 2.46. The number of hydrogen-bond acceptors (Lipinski definition) is 0. The number of nitrogens with zero attached hydrogens (tertiary/aromatic N) is 2. The zero-order chi connectivity index (χ0) is 54.0. The first-order valence-electron chi connectivity index (χ1n) is 28.2. The molecule has 2 heterocycles. The van der Waals surface area contributed by atoms with Crippen molar-refractivity contribution in [3.05, 3.63) is 255 Å². The summed E-state index contributed by atoms with van der Waals surface area (Å²) in [6.07, 6.45) is 0. The zero-order valence-corrected chi connectivity index (χ0v) is 48.1. The molecule has 0 radical (unpaired) electrons. The number of rotatable bonds is 10. The summed E-state index contributed by atoms with van der Waals surface area (Å²) >= 11 is 0. The van der Waals surface area contributed by atoms with Gasteiger partial charge in [0, 0.05) is 32.9 Å². The van der Waals surface area contributed by atoms with Crippen LogP contribution in [0.1, 0.15) is 0 Å².